The second kappa shape index (κ2) is 2.25. The topological polar surface area (TPSA) is 12.9 Å². The van der Waals surface area contributed by atoms with Crippen LogP contribution in [-0.2, 0) is 0 Å². The van der Waals surface area contributed by atoms with E-state index in [-0.39, 0.29) is 0 Å². The lowest BCUT2D eigenvalue weighted by molar-refractivity contribution is 1.31. The molecule has 0 amide bonds. The number of thiazole rings is 1. The number of hydrogen-bond acceptors (Lipinski definition) is 3. The van der Waals surface area contributed by atoms with Crippen LogP contribution in [0.5, 0.6) is 0 Å². The molecule has 0 aliphatic carbocycles. The van der Waals surface area contributed by atoms with Gasteiger partial charge in [-0.05, 0) is 18.2 Å². The SMILES string of the molecule is Sc1nc2cc[c]cc2s1. The van der Waals surface area contributed by atoms with Gasteiger partial charge in [-0.3, -0.25) is 0 Å². The fourth-order valence-electron chi connectivity index (χ4n) is 0.805. The number of benzene rings is 1. The molecule has 0 aliphatic heterocycles. The van der Waals surface area contributed by atoms with Gasteiger partial charge in [0.15, 0.2) is 0 Å². The number of rotatable bonds is 0. The van der Waals surface area contributed by atoms with Crippen molar-refractivity contribution in [1.29, 1.82) is 0 Å². The number of hydrogen-bond donors (Lipinski definition) is 1. The minimum Gasteiger partial charge on any atom is -0.230 e. The largest absolute Gasteiger partial charge is 0.230 e. The fraction of sp³-hybridized carbons (Fsp3) is 0. The molecule has 0 aliphatic rings. The molecule has 0 unspecified atom stereocenters. The molecule has 0 fully saturated rings. The third-order valence-corrected chi connectivity index (χ3v) is 2.42. The van der Waals surface area contributed by atoms with Crippen LogP contribution in [0.4, 0.5) is 0 Å². The first-order valence-corrected chi connectivity index (χ1v) is 4.08. The summed E-state index contributed by atoms with van der Waals surface area (Å²) in [5, 5.41) is 0. The van der Waals surface area contributed by atoms with E-state index in [2.05, 4.69) is 23.7 Å². The summed E-state index contributed by atoms with van der Waals surface area (Å²) in [5.74, 6) is 0. The molecule has 2 rings (SSSR count). The average Bonchev–Trinajstić information content (AvgIpc) is 2.27. The van der Waals surface area contributed by atoms with Crippen LogP contribution in [0.25, 0.3) is 10.2 Å². The molecule has 3 heteroatoms. The molecule has 0 saturated heterocycles. The second-order valence-electron chi connectivity index (χ2n) is 1.89. The zero-order valence-corrected chi connectivity index (χ0v) is 6.75. The van der Waals surface area contributed by atoms with E-state index >= 15 is 0 Å². The van der Waals surface area contributed by atoms with Gasteiger partial charge in [0.2, 0.25) is 0 Å². The maximum absolute atomic E-state index is 4.18. The van der Waals surface area contributed by atoms with Gasteiger partial charge < -0.3 is 0 Å². The summed E-state index contributed by atoms with van der Waals surface area (Å²) < 4.78 is 1.96. The van der Waals surface area contributed by atoms with Crippen LogP contribution in [0.15, 0.2) is 22.5 Å². The predicted molar refractivity (Wildman–Crippen MR) is 45.7 cm³/mol. The van der Waals surface area contributed by atoms with E-state index in [9.17, 15) is 0 Å². The summed E-state index contributed by atoms with van der Waals surface area (Å²) >= 11 is 5.71. The standard InChI is InChI=1S/C7H4NS2/c9-7-8-5-3-1-2-4-6(5)10-7/h1,3-4H,(H,8,9). The number of thiol groups is 1. The molecular formula is C7H4NS2. The first kappa shape index (κ1) is 6.19. The average molecular weight is 166 g/mol. The first-order valence-electron chi connectivity index (χ1n) is 2.82. The predicted octanol–water partition coefficient (Wildman–Crippen LogP) is 2.39. The van der Waals surface area contributed by atoms with Crippen LogP contribution in [0.1, 0.15) is 0 Å². The maximum Gasteiger partial charge on any atom is 0.148 e. The Kier molecular flexibility index (Phi) is 1.39. The summed E-state index contributed by atoms with van der Waals surface area (Å²) in [4.78, 5) is 4.18. The van der Waals surface area contributed by atoms with Crippen LogP contribution in [0.2, 0.25) is 0 Å². The highest BCUT2D eigenvalue weighted by atomic mass is 32.2. The lowest BCUT2D eigenvalue weighted by Crippen LogP contribution is -1.63. The molecule has 0 bridgehead atoms. The normalized spacial score (nSPS) is 10.5. The van der Waals surface area contributed by atoms with Crippen LogP contribution >= 0.6 is 24.0 Å². The summed E-state index contributed by atoms with van der Waals surface area (Å²) in [6, 6.07) is 8.70. The van der Waals surface area contributed by atoms with Crippen LogP contribution in [-0.4, -0.2) is 4.98 Å². The van der Waals surface area contributed by atoms with E-state index in [0.29, 0.717) is 0 Å². The molecule has 2 aromatic rings. The molecular weight excluding hydrogens is 162 g/mol. The molecule has 10 heavy (non-hydrogen) atoms. The van der Waals surface area contributed by atoms with Gasteiger partial charge in [-0.25, -0.2) is 4.98 Å². The third-order valence-electron chi connectivity index (χ3n) is 1.22. The van der Waals surface area contributed by atoms with Crippen molar-refractivity contribution in [2.45, 2.75) is 4.34 Å². The Morgan fingerprint density at radius 2 is 2.50 bits per heavy atom. The van der Waals surface area contributed by atoms with E-state index < -0.39 is 0 Å². The quantitative estimate of drug-likeness (QED) is 0.593. The molecule has 0 N–H and O–H groups in total. The van der Waals surface area contributed by atoms with Crippen molar-refractivity contribution >= 4 is 34.2 Å². The monoisotopic (exact) mass is 166 g/mol. The van der Waals surface area contributed by atoms with Gasteiger partial charge in [0.05, 0.1) is 10.2 Å². The van der Waals surface area contributed by atoms with Crippen molar-refractivity contribution in [2.75, 3.05) is 0 Å². The number of nitrogens with zero attached hydrogens (tertiary/aromatic N) is 1. The van der Waals surface area contributed by atoms with Crippen molar-refractivity contribution in [3.05, 3.63) is 24.3 Å². The zero-order valence-electron chi connectivity index (χ0n) is 5.03. The Morgan fingerprint density at radius 1 is 1.60 bits per heavy atom. The van der Waals surface area contributed by atoms with Gasteiger partial charge in [-0.15, -0.1) is 24.0 Å². The highest BCUT2D eigenvalue weighted by molar-refractivity contribution is 7.82. The van der Waals surface area contributed by atoms with E-state index in [4.69, 9.17) is 0 Å². The van der Waals surface area contributed by atoms with Gasteiger partial charge in [0.1, 0.15) is 4.34 Å². The zero-order chi connectivity index (χ0) is 6.97. The Morgan fingerprint density at radius 3 is 3.30 bits per heavy atom. The Hall–Kier alpha value is -0.540. The first-order chi connectivity index (χ1) is 4.86. The maximum atomic E-state index is 4.18. The third kappa shape index (κ3) is 0.914. The van der Waals surface area contributed by atoms with Crippen LogP contribution in [0.3, 0.4) is 0 Å². The van der Waals surface area contributed by atoms with Crippen molar-refractivity contribution < 1.29 is 0 Å². The summed E-state index contributed by atoms with van der Waals surface area (Å²) in [5.41, 5.74) is 1.01. The van der Waals surface area contributed by atoms with Gasteiger partial charge >= 0.3 is 0 Å². The molecule has 0 atom stereocenters. The molecule has 1 nitrogen and oxygen atoms in total. The fourth-order valence-corrected chi connectivity index (χ4v) is 1.89. The van der Waals surface area contributed by atoms with Crippen LogP contribution < -0.4 is 0 Å². The van der Waals surface area contributed by atoms with Crippen molar-refractivity contribution in [1.82, 2.24) is 4.98 Å². The molecule has 1 radical (unpaired) electrons. The molecule has 1 aromatic carbocycles. The van der Waals surface area contributed by atoms with Gasteiger partial charge in [0.25, 0.3) is 0 Å². The highest BCUT2D eigenvalue weighted by Crippen LogP contribution is 2.22. The Labute approximate surface area is 68.1 Å². The van der Waals surface area contributed by atoms with E-state index in [0.717, 1.165) is 14.6 Å². The molecule has 0 saturated carbocycles. The molecule has 1 heterocycles. The summed E-state index contributed by atoms with van der Waals surface area (Å²) in [6.07, 6.45) is 0. The van der Waals surface area contributed by atoms with E-state index in [1.165, 1.54) is 0 Å². The molecule has 0 spiro atoms. The lowest BCUT2D eigenvalue weighted by Gasteiger charge is -1.79. The minimum atomic E-state index is 0.814. The van der Waals surface area contributed by atoms with Gasteiger partial charge in [-0.1, -0.05) is 6.07 Å². The number of fused-ring (bicyclic) bond motifs is 1. The van der Waals surface area contributed by atoms with Crippen molar-refractivity contribution in [3.8, 4) is 0 Å². The van der Waals surface area contributed by atoms with Crippen molar-refractivity contribution in [3.63, 3.8) is 0 Å². The molecule has 1 aromatic heterocycles. The highest BCUT2D eigenvalue weighted by Gasteiger charge is 1.96. The second-order valence-corrected chi connectivity index (χ2v) is 3.65. The van der Waals surface area contributed by atoms with E-state index in [1.807, 2.05) is 18.2 Å². The minimum absolute atomic E-state index is 0.814. The Bertz CT molecular complexity index is 320. The van der Waals surface area contributed by atoms with Gasteiger partial charge in [0, 0.05) is 0 Å². The van der Waals surface area contributed by atoms with E-state index in [1.54, 1.807) is 11.3 Å². The molecule has 49 valence electrons. The van der Waals surface area contributed by atoms with Gasteiger partial charge in [-0.2, -0.15) is 0 Å². The number of aromatic nitrogens is 1. The lowest BCUT2D eigenvalue weighted by atomic mass is 10.3. The van der Waals surface area contributed by atoms with Crippen molar-refractivity contribution in [2.24, 2.45) is 0 Å². The summed E-state index contributed by atoms with van der Waals surface area (Å²) in [6.45, 7) is 0. The summed E-state index contributed by atoms with van der Waals surface area (Å²) in [7, 11) is 0. The smallest absolute Gasteiger partial charge is 0.148 e. The van der Waals surface area contributed by atoms with Crippen LogP contribution in [0, 0.1) is 6.07 Å². The Balaban J connectivity index is 2.88.